The summed E-state index contributed by atoms with van der Waals surface area (Å²) in [6, 6.07) is 13.2. The van der Waals surface area contributed by atoms with Crippen molar-refractivity contribution in [3.05, 3.63) is 69.8 Å². The molecule has 0 saturated carbocycles. The minimum Gasteiger partial charge on any atom is -0.380 e. The maximum atomic E-state index is 13.5. The molecule has 4 rings (SSSR count). The average Bonchev–Trinajstić information content (AvgIpc) is 2.83. The van der Waals surface area contributed by atoms with Crippen LogP contribution in [0, 0.1) is 6.92 Å². The third-order valence-corrected chi connectivity index (χ3v) is 6.43. The highest BCUT2D eigenvalue weighted by Crippen LogP contribution is 2.24. The minimum absolute atomic E-state index is 0.199. The van der Waals surface area contributed by atoms with E-state index in [1.165, 1.54) is 10.1 Å². The molecule has 8 heteroatoms. The number of nitrogens with zero attached hydrogens (tertiary/aromatic N) is 3. The number of carbonyl (C=O) groups is 2. The number of rotatable bonds is 8. The van der Waals surface area contributed by atoms with Crippen molar-refractivity contribution < 1.29 is 9.59 Å². The van der Waals surface area contributed by atoms with Gasteiger partial charge in [-0.1, -0.05) is 44.2 Å². The number of aryl methyl sites for hydroxylation is 1. The maximum absolute atomic E-state index is 13.5. The average molecular weight is 462 g/mol. The third kappa shape index (κ3) is 4.87. The monoisotopic (exact) mass is 461 g/mol. The molecule has 1 saturated heterocycles. The molecule has 2 aromatic carbocycles. The second-order valence-electron chi connectivity index (χ2n) is 8.63. The lowest BCUT2D eigenvalue weighted by atomic mass is 10.1. The van der Waals surface area contributed by atoms with Crippen molar-refractivity contribution in [3.8, 4) is 0 Å². The summed E-state index contributed by atoms with van der Waals surface area (Å²) in [6.45, 7) is 9.55. The molecule has 0 radical (unpaired) electrons. The van der Waals surface area contributed by atoms with E-state index in [2.05, 4.69) is 58.6 Å². The van der Waals surface area contributed by atoms with Crippen molar-refractivity contribution in [2.75, 3.05) is 18.4 Å². The summed E-state index contributed by atoms with van der Waals surface area (Å²) in [6.07, 6.45) is 0.485. The molecular weight excluding hydrogens is 430 g/mol. The number of nitrogens with one attached hydrogen (secondary N) is 2. The van der Waals surface area contributed by atoms with Crippen LogP contribution in [0.1, 0.15) is 49.7 Å². The van der Waals surface area contributed by atoms with E-state index in [1.807, 2.05) is 12.1 Å². The summed E-state index contributed by atoms with van der Waals surface area (Å²) in [5.41, 5.74) is 3.33. The van der Waals surface area contributed by atoms with Gasteiger partial charge in [0.1, 0.15) is 11.9 Å². The van der Waals surface area contributed by atoms with E-state index in [-0.39, 0.29) is 24.3 Å². The fourth-order valence-corrected chi connectivity index (χ4v) is 4.46. The normalized spacial score (nSPS) is 16.2. The number of carbonyl (C=O) groups excluding carboxylic acids is 2. The molecule has 8 nitrogen and oxygen atoms in total. The molecule has 178 valence electrons. The van der Waals surface area contributed by atoms with Crippen LogP contribution in [0.2, 0.25) is 0 Å². The number of benzene rings is 2. The second kappa shape index (κ2) is 10.2. The highest BCUT2D eigenvalue weighted by Gasteiger charge is 2.30. The highest BCUT2D eigenvalue weighted by molar-refractivity contribution is 5.99. The third-order valence-electron chi connectivity index (χ3n) is 6.43. The van der Waals surface area contributed by atoms with Crippen LogP contribution in [0.3, 0.4) is 0 Å². The first-order valence-corrected chi connectivity index (χ1v) is 11.8. The van der Waals surface area contributed by atoms with Crippen molar-refractivity contribution in [3.63, 3.8) is 0 Å². The zero-order valence-electron chi connectivity index (χ0n) is 19.9. The molecule has 0 spiro atoms. The molecule has 1 aromatic heterocycles. The Kier molecular flexibility index (Phi) is 7.07. The van der Waals surface area contributed by atoms with Gasteiger partial charge in [0, 0.05) is 25.2 Å². The first-order valence-electron chi connectivity index (χ1n) is 11.8. The number of imide groups is 1. The molecule has 2 N–H and O–H groups in total. The Hall–Kier alpha value is -3.52. The van der Waals surface area contributed by atoms with Crippen LogP contribution in [-0.4, -0.2) is 39.4 Å². The number of hydrogen-bond acceptors (Lipinski definition) is 6. The van der Waals surface area contributed by atoms with Crippen molar-refractivity contribution in [2.24, 2.45) is 0 Å². The molecule has 34 heavy (non-hydrogen) atoms. The number of amides is 2. The molecule has 1 aliphatic rings. The Bertz CT molecular complexity index is 1260. The molecule has 3 aromatic rings. The molecule has 1 fully saturated rings. The van der Waals surface area contributed by atoms with Gasteiger partial charge >= 0.3 is 0 Å². The summed E-state index contributed by atoms with van der Waals surface area (Å²) >= 11 is 0. The second-order valence-corrected chi connectivity index (χ2v) is 8.63. The zero-order valence-corrected chi connectivity index (χ0v) is 19.9. The predicted molar refractivity (Wildman–Crippen MR) is 133 cm³/mol. The summed E-state index contributed by atoms with van der Waals surface area (Å²) in [5, 5.41) is 6.15. The first kappa shape index (κ1) is 23.6. The van der Waals surface area contributed by atoms with E-state index in [0.29, 0.717) is 29.0 Å². The molecule has 2 heterocycles. The SMILES string of the molecule is CCN(CC)Cc1ccc(CNc2cccc3nc(C)n(C4CCC(=O)NC4=O)c(=O)c23)cc1. The fraction of sp³-hybridized carbons (Fsp3) is 0.385. The smallest absolute Gasteiger partial charge is 0.264 e. The quantitative estimate of drug-likeness (QED) is 0.501. The van der Waals surface area contributed by atoms with Crippen LogP contribution in [-0.2, 0) is 22.7 Å². The predicted octanol–water partition coefficient (Wildman–Crippen LogP) is 3.14. The van der Waals surface area contributed by atoms with Gasteiger partial charge in [0.15, 0.2) is 0 Å². The standard InChI is InChI=1S/C26H31N5O3/c1-4-30(5-2)16-19-11-9-18(10-12-19)15-27-20-7-6-8-21-24(20)26(34)31(17(3)28-21)22-13-14-23(32)29-25(22)33/h6-12,22,27H,4-5,13-16H2,1-3H3,(H,29,32,33). The largest absolute Gasteiger partial charge is 0.380 e. The number of anilines is 1. The van der Waals surface area contributed by atoms with E-state index in [0.717, 1.165) is 25.2 Å². The number of hydrogen-bond donors (Lipinski definition) is 2. The Balaban J connectivity index is 1.59. The topological polar surface area (TPSA) is 96.3 Å². The van der Waals surface area contributed by atoms with Crippen molar-refractivity contribution in [1.82, 2.24) is 19.8 Å². The van der Waals surface area contributed by atoms with Gasteiger partial charge in [-0.2, -0.15) is 0 Å². The Morgan fingerprint density at radius 3 is 2.44 bits per heavy atom. The van der Waals surface area contributed by atoms with Crippen LogP contribution in [0.5, 0.6) is 0 Å². The van der Waals surface area contributed by atoms with E-state index < -0.39 is 11.9 Å². The Morgan fingerprint density at radius 2 is 1.76 bits per heavy atom. The number of aromatic nitrogens is 2. The van der Waals surface area contributed by atoms with Gasteiger partial charge in [-0.3, -0.25) is 29.2 Å². The van der Waals surface area contributed by atoms with Crippen LogP contribution in [0.25, 0.3) is 10.9 Å². The maximum Gasteiger partial charge on any atom is 0.264 e. The summed E-state index contributed by atoms with van der Waals surface area (Å²) < 4.78 is 1.41. The highest BCUT2D eigenvalue weighted by atomic mass is 16.2. The van der Waals surface area contributed by atoms with Gasteiger partial charge < -0.3 is 5.32 Å². The summed E-state index contributed by atoms with van der Waals surface area (Å²) in [4.78, 5) is 44.5. The molecular formula is C26H31N5O3. The fourth-order valence-electron chi connectivity index (χ4n) is 4.46. The van der Waals surface area contributed by atoms with Gasteiger partial charge in [0.2, 0.25) is 11.8 Å². The van der Waals surface area contributed by atoms with E-state index in [4.69, 9.17) is 0 Å². The van der Waals surface area contributed by atoms with Crippen LogP contribution in [0.15, 0.2) is 47.3 Å². The summed E-state index contributed by atoms with van der Waals surface area (Å²) in [5.74, 6) is -0.322. The van der Waals surface area contributed by atoms with Gasteiger partial charge in [0.05, 0.1) is 10.9 Å². The lowest BCUT2D eigenvalue weighted by Crippen LogP contribution is -2.45. The molecule has 0 bridgehead atoms. The molecule has 1 aliphatic heterocycles. The van der Waals surface area contributed by atoms with Gasteiger partial charge in [-0.25, -0.2) is 4.98 Å². The van der Waals surface area contributed by atoms with Gasteiger partial charge in [-0.05, 0) is 49.7 Å². The Labute approximate surface area is 199 Å². The minimum atomic E-state index is -0.742. The number of piperidine rings is 1. The van der Waals surface area contributed by atoms with Crippen LogP contribution >= 0.6 is 0 Å². The van der Waals surface area contributed by atoms with E-state index >= 15 is 0 Å². The van der Waals surface area contributed by atoms with Gasteiger partial charge in [-0.15, -0.1) is 0 Å². The number of fused-ring (bicyclic) bond motifs is 1. The van der Waals surface area contributed by atoms with E-state index in [9.17, 15) is 14.4 Å². The van der Waals surface area contributed by atoms with Gasteiger partial charge in [0.25, 0.3) is 5.56 Å². The van der Waals surface area contributed by atoms with Crippen molar-refractivity contribution >= 4 is 28.4 Å². The Morgan fingerprint density at radius 1 is 1.06 bits per heavy atom. The van der Waals surface area contributed by atoms with Crippen LogP contribution < -0.4 is 16.2 Å². The molecule has 2 amide bonds. The molecule has 1 atom stereocenters. The van der Waals surface area contributed by atoms with Crippen molar-refractivity contribution in [1.29, 1.82) is 0 Å². The zero-order chi connectivity index (χ0) is 24.2. The molecule has 0 aliphatic carbocycles. The lowest BCUT2D eigenvalue weighted by molar-refractivity contribution is -0.135. The first-order chi connectivity index (χ1) is 16.4. The lowest BCUT2D eigenvalue weighted by Gasteiger charge is -2.24. The van der Waals surface area contributed by atoms with E-state index in [1.54, 1.807) is 13.0 Å². The van der Waals surface area contributed by atoms with Crippen LogP contribution in [0.4, 0.5) is 5.69 Å². The van der Waals surface area contributed by atoms with Crippen molar-refractivity contribution in [2.45, 2.75) is 52.7 Å². The molecule has 1 unspecified atom stereocenters. The summed E-state index contributed by atoms with van der Waals surface area (Å²) in [7, 11) is 0.